The second-order valence-corrected chi connectivity index (χ2v) is 5.35. The van der Waals surface area contributed by atoms with Crippen molar-refractivity contribution in [3.05, 3.63) is 53.6 Å². The molecular formula is C16H18N4O. The van der Waals surface area contributed by atoms with E-state index in [1.807, 2.05) is 30.3 Å². The average molecular weight is 282 g/mol. The first kappa shape index (κ1) is 13.8. The van der Waals surface area contributed by atoms with Crippen LogP contribution in [0.1, 0.15) is 29.4 Å². The normalized spacial score (nSPS) is 17.8. The maximum Gasteiger partial charge on any atom is 0.144 e. The van der Waals surface area contributed by atoms with Crippen molar-refractivity contribution in [1.82, 2.24) is 20.5 Å². The van der Waals surface area contributed by atoms with Gasteiger partial charge in [-0.25, -0.2) is 0 Å². The van der Waals surface area contributed by atoms with Crippen molar-refractivity contribution >= 4 is 5.78 Å². The molecule has 3 rings (SSSR count). The van der Waals surface area contributed by atoms with Gasteiger partial charge in [-0.3, -0.25) is 9.78 Å². The Balaban J connectivity index is 1.58. The van der Waals surface area contributed by atoms with Gasteiger partial charge >= 0.3 is 0 Å². The topological polar surface area (TPSA) is 67.8 Å². The number of hydrogen-bond acceptors (Lipinski definition) is 5. The number of aromatic nitrogens is 3. The zero-order valence-electron chi connectivity index (χ0n) is 11.8. The molecule has 0 unspecified atom stereocenters. The molecular weight excluding hydrogens is 264 g/mol. The van der Waals surface area contributed by atoms with E-state index >= 15 is 0 Å². The number of Topliss-reactive ketones (excluding diaryl/α,β-unsaturated/α-hetero) is 1. The van der Waals surface area contributed by atoms with Crippen molar-refractivity contribution in [2.45, 2.75) is 25.2 Å². The van der Waals surface area contributed by atoms with Gasteiger partial charge in [0.05, 0.1) is 17.8 Å². The van der Waals surface area contributed by atoms with Crippen LogP contribution in [0.2, 0.25) is 0 Å². The molecule has 0 radical (unpaired) electrons. The van der Waals surface area contributed by atoms with E-state index in [2.05, 4.69) is 20.5 Å². The van der Waals surface area contributed by atoms with Gasteiger partial charge in [0, 0.05) is 30.8 Å². The van der Waals surface area contributed by atoms with E-state index in [1.54, 1.807) is 6.20 Å². The lowest BCUT2D eigenvalue weighted by Crippen LogP contribution is -2.12. The number of nitrogens with one attached hydrogen (secondary N) is 1. The number of carbonyl (C=O) groups is 1. The predicted octanol–water partition coefficient (Wildman–Crippen LogP) is 1.30. The summed E-state index contributed by atoms with van der Waals surface area (Å²) < 4.78 is 0. The van der Waals surface area contributed by atoms with E-state index in [0.29, 0.717) is 18.8 Å². The quantitative estimate of drug-likeness (QED) is 0.895. The van der Waals surface area contributed by atoms with Crippen LogP contribution in [0, 0.1) is 0 Å². The summed E-state index contributed by atoms with van der Waals surface area (Å²) in [6, 6.07) is 9.50. The van der Waals surface area contributed by atoms with Crippen LogP contribution in [0.25, 0.3) is 0 Å². The van der Waals surface area contributed by atoms with Crippen LogP contribution in [-0.4, -0.2) is 34.1 Å². The summed E-state index contributed by atoms with van der Waals surface area (Å²) in [5.41, 5.74) is 2.54. The van der Waals surface area contributed by atoms with Gasteiger partial charge in [0.25, 0.3) is 0 Å². The summed E-state index contributed by atoms with van der Waals surface area (Å²) in [4.78, 5) is 16.2. The van der Waals surface area contributed by atoms with Crippen LogP contribution >= 0.6 is 0 Å². The summed E-state index contributed by atoms with van der Waals surface area (Å²) in [6.45, 7) is 2.00. The Labute approximate surface area is 123 Å². The predicted molar refractivity (Wildman–Crippen MR) is 78.9 cm³/mol. The number of ketones is 1. The van der Waals surface area contributed by atoms with Crippen molar-refractivity contribution in [1.29, 1.82) is 0 Å². The summed E-state index contributed by atoms with van der Waals surface area (Å²) in [7, 11) is 0. The first-order chi connectivity index (χ1) is 10.3. The van der Waals surface area contributed by atoms with E-state index < -0.39 is 0 Å². The minimum atomic E-state index is 0.110. The molecule has 5 heteroatoms. The van der Waals surface area contributed by atoms with E-state index in [1.165, 1.54) is 0 Å². The minimum Gasteiger partial charge on any atom is -0.316 e. The zero-order chi connectivity index (χ0) is 14.5. The molecule has 108 valence electrons. The monoisotopic (exact) mass is 282 g/mol. The minimum absolute atomic E-state index is 0.110. The van der Waals surface area contributed by atoms with E-state index in [0.717, 1.165) is 36.6 Å². The van der Waals surface area contributed by atoms with Crippen LogP contribution in [-0.2, 0) is 17.6 Å². The number of nitrogens with zero attached hydrogens (tertiary/aromatic N) is 3. The Bertz CT molecular complexity index is 591. The molecule has 1 aliphatic heterocycles. The van der Waals surface area contributed by atoms with Crippen LogP contribution < -0.4 is 5.32 Å². The molecule has 1 atom stereocenters. The van der Waals surface area contributed by atoms with E-state index in [9.17, 15) is 4.79 Å². The number of carbonyl (C=O) groups excluding carboxylic acids is 1. The van der Waals surface area contributed by atoms with Crippen molar-refractivity contribution < 1.29 is 4.79 Å². The van der Waals surface area contributed by atoms with Crippen molar-refractivity contribution in [2.75, 3.05) is 13.1 Å². The first-order valence-electron chi connectivity index (χ1n) is 7.26. The van der Waals surface area contributed by atoms with E-state index in [-0.39, 0.29) is 5.78 Å². The molecule has 1 aliphatic rings. The molecule has 21 heavy (non-hydrogen) atoms. The summed E-state index contributed by atoms with van der Waals surface area (Å²) in [5.74, 6) is 0.564. The van der Waals surface area contributed by atoms with Gasteiger partial charge in [0.15, 0.2) is 0 Å². The summed E-state index contributed by atoms with van der Waals surface area (Å²) in [6.07, 6.45) is 3.46. The molecule has 0 spiro atoms. The molecule has 3 heterocycles. The van der Waals surface area contributed by atoms with Gasteiger partial charge in [-0.2, -0.15) is 10.2 Å². The summed E-state index contributed by atoms with van der Waals surface area (Å²) in [5, 5.41) is 11.8. The highest BCUT2D eigenvalue weighted by molar-refractivity contribution is 5.82. The lowest BCUT2D eigenvalue weighted by molar-refractivity contribution is -0.117. The number of rotatable bonds is 5. The Morgan fingerprint density at radius 2 is 2.05 bits per heavy atom. The van der Waals surface area contributed by atoms with Crippen LogP contribution in [0.15, 0.2) is 36.5 Å². The fourth-order valence-corrected chi connectivity index (χ4v) is 2.56. The third-order valence-electron chi connectivity index (χ3n) is 3.70. The van der Waals surface area contributed by atoms with Gasteiger partial charge in [-0.15, -0.1) is 0 Å². The molecule has 1 fully saturated rings. The van der Waals surface area contributed by atoms with Crippen LogP contribution in [0.5, 0.6) is 0 Å². The third kappa shape index (κ3) is 3.70. The Morgan fingerprint density at radius 1 is 1.14 bits per heavy atom. The molecule has 1 saturated heterocycles. The SMILES string of the molecule is O=C(Cc1ccccn1)Cc1ccc([C@@H]2CCNC2)nn1. The lowest BCUT2D eigenvalue weighted by atomic mass is 10.0. The Morgan fingerprint density at radius 3 is 2.71 bits per heavy atom. The average Bonchev–Trinajstić information content (AvgIpc) is 3.03. The van der Waals surface area contributed by atoms with Gasteiger partial charge < -0.3 is 5.32 Å². The summed E-state index contributed by atoms with van der Waals surface area (Å²) >= 11 is 0. The Hall–Kier alpha value is -2.14. The molecule has 2 aromatic heterocycles. The molecule has 0 bridgehead atoms. The highest BCUT2D eigenvalue weighted by Crippen LogP contribution is 2.19. The van der Waals surface area contributed by atoms with Crippen molar-refractivity contribution in [2.24, 2.45) is 0 Å². The van der Waals surface area contributed by atoms with Crippen LogP contribution in [0.3, 0.4) is 0 Å². The fourth-order valence-electron chi connectivity index (χ4n) is 2.56. The fraction of sp³-hybridized carbons (Fsp3) is 0.375. The maximum atomic E-state index is 12.0. The molecule has 2 aromatic rings. The van der Waals surface area contributed by atoms with Crippen LogP contribution in [0.4, 0.5) is 0 Å². The number of hydrogen-bond donors (Lipinski definition) is 1. The van der Waals surface area contributed by atoms with Gasteiger partial charge in [-0.1, -0.05) is 6.07 Å². The standard InChI is InChI=1S/C16H18N4O/c21-15(9-13-3-1-2-7-18-13)10-14-4-5-16(20-19-14)12-6-8-17-11-12/h1-5,7,12,17H,6,8-11H2/t12-/m1/s1. The Kier molecular flexibility index (Phi) is 4.31. The molecule has 1 N–H and O–H groups in total. The van der Waals surface area contributed by atoms with Crippen molar-refractivity contribution in [3.8, 4) is 0 Å². The third-order valence-corrected chi connectivity index (χ3v) is 3.70. The molecule has 0 amide bonds. The zero-order valence-corrected chi connectivity index (χ0v) is 11.8. The van der Waals surface area contributed by atoms with Gasteiger partial charge in [-0.05, 0) is 37.2 Å². The molecule has 0 aliphatic carbocycles. The van der Waals surface area contributed by atoms with Crippen molar-refractivity contribution in [3.63, 3.8) is 0 Å². The first-order valence-corrected chi connectivity index (χ1v) is 7.26. The largest absolute Gasteiger partial charge is 0.316 e. The van der Waals surface area contributed by atoms with Gasteiger partial charge in [0.1, 0.15) is 5.78 Å². The van der Waals surface area contributed by atoms with E-state index in [4.69, 9.17) is 0 Å². The lowest BCUT2D eigenvalue weighted by Gasteiger charge is -2.07. The highest BCUT2D eigenvalue weighted by atomic mass is 16.1. The smallest absolute Gasteiger partial charge is 0.144 e. The van der Waals surface area contributed by atoms with Gasteiger partial charge in [0.2, 0.25) is 0 Å². The maximum absolute atomic E-state index is 12.0. The second kappa shape index (κ2) is 6.54. The second-order valence-electron chi connectivity index (χ2n) is 5.35. The number of pyridine rings is 1. The highest BCUT2D eigenvalue weighted by Gasteiger charge is 2.18. The molecule has 0 saturated carbocycles. The molecule has 5 nitrogen and oxygen atoms in total. The molecule has 0 aromatic carbocycles.